The van der Waals surface area contributed by atoms with E-state index in [9.17, 15) is 9.90 Å². The predicted molar refractivity (Wildman–Crippen MR) is 76.1 cm³/mol. The first-order valence-corrected chi connectivity index (χ1v) is 6.50. The van der Waals surface area contributed by atoms with Crippen molar-refractivity contribution in [2.45, 2.75) is 6.29 Å². The molecule has 0 saturated heterocycles. The van der Waals surface area contributed by atoms with E-state index in [2.05, 4.69) is 21.9 Å². The van der Waals surface area contributed by atoms with Gasteiger partial charge in [-0.15, -0.1) is 11.3 Å². The van der Waals surface area contributed by atoms with Gasteiger partial charge < -0.3 is 15.2 Å². The Morgan fingerprint density at radius 2 is 2.25 bits per heavy atom. The van der Waals surface area contributed by atoms with Crippen LogP contribution in [-0.2, 0) is 9.53 Å². The second kappa shape index (κ2) is 6.38. The number of nitrogens with one attached hydrogen (secondary N) is 1. The molecule has 0 bridgehead atoms. The minimum atomic E-state index is -1.11. The highest BCUT2D eigenvalue weighted by atomic mass is 32.1. The van der Waals surface area contributed by atoms with E-state index in [-0.39, 0.29) is 5.91 Å². The van der Waals surface area contributed by atoms with Crippen LogP contribution in [-0.4, -0.2) is 28.1 Å². The minimum Gasteiger partial charge on any atom is -0.364 e. The number of thiophene rings is 1. The molecular weight excluding hydrogens is 278 g/mol. The number of aromatic nitrogens is 2. The molecule has 0 spiro atoms. The molecule has 1 amide bonds. The van der Waals surface area contributed by atoms with Gasteiger partial charge in [0.05, 0.1) is 10.6 Å². The summed E-state index contributed by atoms with van der Waals surface area (Å²) in [6.45, 7) is 3.39. The number of nitrogens with zero attached hydrogens (tertiary/aromatic N) is 2. The first-order chi connectivity index (χ1) is 9.65. The predicted octanol–water partition coefficient (Wildman–Crippen LogP) is 1.97. The van der Waals surface area contributed by atoms with Crippen LogP contribution in [0, 0.1) is 0 Å². The van der Waals surface area contributed by atoms with Crippen molar-refractivity contribution >= 4 is 22.9 Å². The third-order valence-electron chi connectivity index (χ3n) is 2.50. The van der Waals surface area contributed by atoms with Gasteiger partial charge in [-0.3, -0.25) is 4.79 Å². The van der Waals surface area contributed by atoms with Crippen molar-refractivity contribution in [2.24, 2.45) is 0 Å². The number of methoxy groups -OCH3 is 1. The maximum absolute atomic E-state index is 11.4. The number of hydrogen-bond acceptors (Lipinski definition) is 6. The second-order valence-electron chi connectivity index (χ2n) is 3.80. The molecule has 6 nitrogen and oxygen atoms in total. The standard InChI is InChI=1S/C13H13N3O3S/c1-3-11(17)16-9-4-10(8-5-14-7-15-6-8)20-12(9)13(18)19-2/h3-7,13,18H,1H2,2H3,(H,16,17). The van der Waals surface area contributed by atoms with E-state index in [1.54, 1.807) is 18.5 Å². The summed E-state index contributed by atoms with van der Waals surface area (Å²) in [4.78, 5) is 20.6. The molecule has 1 unspecified atom stereocenters. The molecule has 2 rings (SSSR count). The Morgan fingerprint density at radius 1 is 1.55 bits per heavy atom. The van der Waals surface area contributed by atoms with Crippen LogP contribution in [0.2, 0.25) is 0 Å². The van der Waals surface area contributed by atoms with Crippen molar-refractivity contribution in [2.75, 3.05) is 12.4 Å². The Balaban J connectivity index is 2.41. The summed E-state index contributed by atoms with van der Waals surface area (Å²) in [5.41, 5.74) is 1.27. The van der Waals surface area contributed by atoms with E-state index >= 15 is 0 Å². The fourth-order valence-electron chi connectivity index (χ4n) is 1.55. The van der Waals surface area contributed by atoms with E-state index in [0.29, 0.717) is 10.6 Å². The lowest BCUT2D eigenvalue weighted by Gasteiger charge is -2.09. The van der Waals surface area contributed by atoms with Crippen LogP contribution < -0.4 is 5.32 Å². The molecule has 0 saturated carbocycles. The zero-order valence-electron chi connectivity index (χ0n) is 10.7. The molecule has 0 aliphatic heterocycles. The third kappa shape index (κ3) is 3.08. The normalized spacial score (nSPS) is 11.9. The highest BCUT2D eigenvalue weighted by Gasteiger charge is 2.18. The highest BCUT2D eigenvalue weighted by molar-refractivity contribution is 7.16. The summed E-state index contributed by atoms with van der Waals surface area (Å²) >= 11 is 1.29. The summed E-state index contributed by atoms with van der Waals surface area (Å²) < 4.78 is 4.90. The van der Waals surface area contributed by atoms with E-state index in [0.717, 1.165) is 16.5 Å². The monoisotopic (exact) mass is 291 g/mol. The minimum absolute atomic E-state index is 0.358. The van der Waals surface area contributed by atoms with Gasteiger partial charge in [-0.2, -0.15) is 0 Å². The SMILES string of the molecule is C=CC(=O)Nc1cc(-c2cncnc2)sc1C(O)OC. The van der Waals surface area contributed by atoms with Crippen molar-refractivity contribution < 1.29 is 14.6 Å². The van der Waals surface area contributed by atoms with Gasteiger partial charge in [-0.1, -0.05) is 6.58 Å². The molecule has 0 aromatic carbocycles. The summed E-state index contributed by atoms with van der Waals surface area (Å²) in [6.07, 6.45) is 4.79. The van der Waals surface area contributed by atoms with E-state index in [1.807, 2.05) is 0 Å². The van der Waals surface area contributed by atoms with Crippen molar-refractivity contribution in [1.29, 1.82) is 0 Å². The molecule has 20 heavy (non-hydrogen) atoms. The number of carbonyl (C=O) groups excluding carboxylic acids is 1. The summed E-state index contributed by atoms with van der Waals surface area (Å²) in [7, 11) is 1.38. The van der Waals surface area contributed by atoms with Crippen LogP contribution in [0.3, 0.4) is 0 Å². The zero-order valence-corrected chi connectivity index (χ0v) is 11.6. The number of anilines is 1. The summed E-state index contributed by atoms with van der Waals surface area (Å²) in [6, 6.07) is 1.74. The smallest absolute Gasteiger partial charge is 0.247 e. The fraction of sp³-hybridized carbons (Fsp3) is 0.154. The average Bonchev–Trinajstić information content (AvgIpc) is 2.91. The van der Waals surface area contributed by atoms with E-state index in [4.69, 9.17) is 4.74 Å². The molecule has 2 heterocycles. The van der Waals surface area contributed by atoms with E-state index < -0.39 is 6.29 Å². The van der Waals surface area contributed by atoms with Crippen LogP contribution in [0.4, 0.5) is 5.69 Å². The summed E-state index contributed by atoms with van der Waals surface area (Å²) in [5, 5.41) is 12.5. The van der Waals surface area contributed by atoms with Gasteiger partial charge >= 0.3 is 0 Å². The van der Waals surface area contributed by atoms with Crippen molar-refractivity contribution in [1.82, 2.24) is 9.97 Å². The Bertz CT molecular complexity index is 613. The number of ether oxygens (including phenoxy) is 1. The van der Waals surface area contributed by atoms with Crippen LogP contribution in [0.25, 0.3) is 10.4 Å². The maximum atomic E-state index is 11.4. The first-order valence-electron chi connectivity index (χ1n) is 5.69. The second-order valence-corrected chi connectivity index (χ2v) is 4.88. The van der Waals surface area contributed by atoms with Crippen LogP contribution >= 0.6 is 11.3 Å². The molecule has 1 atom stereocenters. The van der Waals surface area contributed by atoms with Gasteiger partial charge in [0.15, 0.2) is 6.29 Å². The average molecular weight is 291 g/mol. The van der Waals surface area contributed by atoms with Gasteiger partial charge in [0.1, 0.15) is 6.33 Å². The Morgan fingerprint density at radius 3 is 2.85 bits per heavy atom. The number of amides is 1. The molecule has 0 fully saturated rings. The molecule has 0 radical (unpaired) electrons. The van der Waals surface area contributed by atoms with Gasteiger partial charge in [0.2, 0.25) is 5.91 Å². The van der Waals surface area contributed by atoms with Crippen LogP contribution in [0.5, 0.6) is 0 Å². The van der Waals surface area contributed by atoms with Crippen molar-refractivity contribution in [3.8, 4) is 10.4 Å². The molecule has 0 aliphatic rings. The van der Waals surface area contributed by atoms with E-state index in [1.165, 1.54) is 24.8 Å². The Labute approximate surface area is 119 Å². The lowest BCUT2D eigenvalue weighted by atomic mass is 10.2. The number of aliphatic hydroxyl groups is 1. The quantitative estimate of drug-likeness (QED) is 0.650. The van der Waals surface area contributed by atoms with Gasteiger partial charge in [0, 0.05) is 29.9 Å². The largest absolute Gasteiger partial charge is 0.364 e. The molecular formula is C13H13N3O3S. The number of aliphatic hydroxyl groups excluding tert-OH is 1. The number of carbonyl (C=O) groups is 1. The molecule has 2 aromatic rings. The molecule has 104 valence electrons. The first kappa shape index (κ1) is 14.3. The van der Waals surface area contributed by atoms with Gasteiger partial charge in [0.25, 0.3) is 0 Å². The third-order valence-corrected chi connectivity index (χ3v) is 3.71. The zero-order chi connectivity index (χ0) is 14.5. The lowest BCUT2D eigenvalue weighted by molar-refractivity contribution is -0.111. The molecule has 7 heteroatoms. The van der Waals surface area contributed by atoms with Crippen molar-refractivity contribution in [3.63, 3.8) is 0 Å². The Hall–Kier alpha value is -2.09. The maximum Gasteiger partial charge on any atom is 0.247 e. The molecule has 0 aliphatic carbocycles. The highest BCUT2D eigenvalue weighted by Crippen LogP contribution is 2.38. The van der Waals surface area contributed by atoms with Crippen LogP contribution in [0.1, 0.15) is 11.2 Å². The number of rotatable bonds is 5. The molecule has 2 aromatic heterocycles. The Kier molecular flexibility index (Phi) is 4.57. The topological polar surface area (TPSA) is 84.3 Å². The lowest BCUT2D eigenvalue weighted by Crippen LogP contribution is -2.09. The number of hydrogen-bond donors (Lipinski definition) is 2. The molecule has 2 N–H and O–H groups in total. The van der Waals surface area contributed by atoms with Gasteiger partial charge in [-0.05, 0) is 12.1 Å². The summed E-state index contributed by atoms with van der Waals surface area (Å²) in [5.74, 6) is -0.358. The van der Waals surface area contributed by atoms with Crippen molar-refractivity contribution in [3.05, 3.63) is 42.3 Å². The van der Waals surface area contributed by atoms with Crippen LogP contribution in [0.15, 0.2) is 37.4 Å². The fourth-order valence-corrected chi connectivity index (χ4v) is 2.60. The van der Waals surface area contributed by atoms with Gasteiger partial charge in [-0.25, -0.2) is 9.97 Å².